The third kappa shape index (κ3) is 2.82. The van der Waals surface area contributed by atoms with Crippen LogP contribution in [0.25, 0.3) is 11.3 Å². The van der Waals surface area contributed by atoms with Gasteiger partial charge in [0, 0.05) is 29.3 Å². The van der Waals surface area contributed by atoms with Crippen LogP contribution in [0.4, 0.5) is 11.4 Å². The van der Waals surface area contributed by atoms with Crippen LogP contribution in [-0.4, -0.2) is 27.6 Å². The number of H-pyrrole nitrogens is 1. The Balaban J connectivity index is 1.64. The van der Waals surface area contributed by atoms with Gasteiger partial charge in [-0.1, -0.05) is 29.8 Å². The highest BCUT2D eigenvalue weighted by atomic mass is 35.5. The summed E-state index contributed by atoms with van der Waals surface area (Å²) in [4.78, 5) is 24.9. The first kappa shape index (κ1) is 16.3. The van der Waals surface area contributed by atoms with E-state index in [0.717, 1.165) is 11.1 Å². The second-order valence-electron chi connectivity index (χ2n) is 5.95. The van der Waals surface area contributed by atoms with Gasteiger partial charge in [0.1, 0.15) is 5.69 Å². The van der Waals surface area contributed by atoms with Crippen molar-refractivity contribution < 1.29 is 9.72 Å². The molecule has 1 aromatic heterocycles. The molecule has 0 saturated heterocycles. The summed E-state index contributed by atoms with van der Waals surface area (Å²) in [6, 6.07) is 13.4. The van der Waals surface area contributed by atoms with Crippen molar-refractivity contribution in [3.05, 3.63) is 74.9 Å². The molecule has 0 atom stereocenters. The molecule has 1 aliphatic heterocycles. The van der Waals surface area contributed by atoms with Gasteiger partial charge in [-0.3, -0.25) is 20.0 Å². The quantitative estimate of drug-likeness (QED) is 0.561. The topological polar surface area (TPSA) is 92.1 Å². The number of aromatic nitrogens is 2. The number of nitrogens with zero attached hydrogens (tertiary/aromatic N) is 3. The molecule has 8 heteroatoms. The number of nitro benzene ring substituents is 1. The number of aromatic amines is 1. The van der Waals surface area contributed by atoms with Crippen molar-refractivity contribution in [3.8, 4) is 11.3 Å². The highest BCUT2D eigenvalue weighted by Gasteiger charge is 2.28. The largest absolute Gasteiger partial charge is 0.306 e. The van der Waals surface area contributed by atoms with Crippen molar-refractivity contribution >= 4 is 28.9 Å². The number of benzene rings is 2. The van der Waals surface area contributed by atoms with Crippen molar-refractivity contribution in [3.63, 3.8) is 0 Å². The summed E-state index contributed by atoms with van der Waals surface area (Å²) >= 11 is 6.00. The summed E-state index contributed by atoms with van der Waals surface area (Å²) in [7, 11) is 0. The molecule has 0 saturated carbocycles. The summed E-state index contributed by atoms with van der Waals surface area (Å²) in [5.74, 6) is -0.273. The Morgan fingerprint density at radius 3 is 2.85 bits per heavy atom. The monoisotopic (exact) mass is 368 g/mol. The standard InChI is InChI=1S/C18H13ClN4O3/c19-13-3-1-2-12(8-13)15-10-16(21-20-15)18(24)22-7-6-11-4-5-14(23(25)26)9-17(11)22/h1-5,8-10H,6-7H2,(H,20,21). The summed E-state index contributed by atoms with van der Waals surface area (Å²) in [5, 5.41) is 18.5. The number of nitro groups is 1. The molecule has 0 radical (unpaired) electrons. The third-order valence-corrected chi connectivity index (χ3v) is 4.58. The maximum Gasteiger partial charge on any atom is 0.276 e. The van der Waals surface area contributed by atoms with E-state index in [0.29, 0.717) is 35.1 Å². The van der Waals surface area contributed by atoms with E-state index in [1.54, 1.807) is 24.3 Å². The van der Waals surface area contributed by atoms with Crippen molar-refractivity contribution in [2.75, 3.05) is 11.4 Å². The average molecular weight is 369 g/mol. The molecule has 26 heavy (non-hydrogen) atoms. The molecular formula is C18H13ClN4O3. The van der Waals surface area contributed by atoms with Crippen molar-refractivity contribution in [1.82, 2.24) is 10.2 Å². The van der Waals surface area contributed by atoms with E-state index in [9.17, 15) is 14.9 Å². The minimum atomic E-state index is -0.464. The summed E-state index contributed by atoms with van der Waals surface area (Å²) < 4.78 is 0. The molecule has 1 aliphatic rings. The minimum absolute atomic E-state index is 0.0346. The smallest absolute Gasteiger partial charge is 0.276 e. The molecule has 3 aromatic rings. The lowest BCUT2D eigenvalue weighted by Gasteiger charge is -2.15. The Morgan fingerprint density at radius 1 is 1.23 bits per heavy atom. The van der Waals surface area contributed by atoms with Crippen molar-refractivity contribution in [2.24, 2.45) is 0 Å². The Morgan fingerprint density at radius 2 is 2.08 bits per heavy atom. The number of carbonyl (C=O) groups excluding carboxylic acids is 1. The first-order valence-electron chi connectivity index (χ1n) is 7.93. The first-order valence-corrected chi connectivity index (χ1v) is 8.31. The highest BCUT2D eigenvalue weighted by molar-refractivity contribution is 6.30. The minimum Gasteiger partial charge on any atom is -0.306 e. The number of nitrogens with one attached hydrogen (secondary N) is 1. The lowest BCUT2D eigenvalue weighted by molar-refractivity contribution is -0.384. The lowest BCUT2D eigenvalue weighted by atomic mass is 10.1. The van der Waals surface area contributed by atoms with Crippen LogP contribution in [-0.2, 0) is 6.42 Å². The summed E-state index contributed by atoms with van der Waals surface area (Å²) in [6.07, 6.45) is 0.661. The molecule has 1 N–H and O–H groups in total. The summed E-state index contributed by atoms with van der Waals surface area (Å²) in [5.41, 5.74) is 3.17. The molecule has 0 fully saturated rings. The zero-order valence-electron chi connectivity index (χ0n) is 13.5. The predicted octanol–water partition coefficient (Wildman–Crippen LogP) is 3.84. The predicted molar refractivity (Wildman–Crippen MR) is 97.5 cm³/mol. The van der Waals surface area contributed by atoms with E-state index in [1.165, 1.54) is 17.0 Å². The van der Waals surface area contributed by atoms with Gasteiger partial charge in [-0.15, -0.1) is 0 Å². The average Bonchev–Trinajstić information content (AvgIpc) is 3.28. The number of hydrogen-bond donors (Lipinski definition) is 1. The van der Waals surface area contributed by atoms with Crippen LogP contribution in [0.5, 0.6) is 0 Å². The van der Waals surface area contributed by atoms with Gasteiger partial charge in [-0.2, -0.15) is 5.10 Å². The highest BCUT2D eigenvalue weighted by Crippen LogP contribution is 2.33. The van der Waals surface area contributed by atoms with E-state index in [2.05, 4.69) is 10.2 Å². The molecule has 2 aromatic carbocycles. The molecule has 7 nitrogen and oxygen atoms in total. The Labute approximate surface area is 153 Å². The maximum absolute atomic E-state index is 12.9. The van der Waals surface area contributed by atoms with Crippen LogP contribution in [0, 0.1) is 10.1 Å². The number of non-ortho nitro benzene ring substituents is 1. The zero-order valence-corrected chi connectivity index (χ0v) is 14.2. The fourth-order valence-electron chi connectivity index (χ4n) is 3.06. The van der Waals surface area contributed by atoms with Gasteiger partial charge in [0.25, 0.3) is 11.6 Å². The van der Waals surface area contributed by atoms with Gasteiger partial charge in [-0.05, 0) is 30.2 Å². The lowest BCUT2D eigenvalue weighted by Crippen LogP contribution is -2.29. The van der Waals surface area contributed by atoms with E-state index < -0.39 is 4.92 Å². The number of halogens is 1. The molecule has 1 amide bonds. The van der Waals surface area contributed by atoms with Crippen LogP contribution in [0.2, 0.25) is 5.02 Å². The number of hydrogen-bond acceptors (Lipinski definition) is 4. The Bertz CT molecular complexity index is 1030. The Kier molecular flexibility index (Phi) is 3.93. The van der Waals surface area contributed by atoms with E-state index in [4.69, 9.17) is 11.6 Å². The van der Waals surface area contributed by atoms with E-state index in [1.807, 2.05) is 12.1 Å². The second kappa shape index (κ2) is 6.27. The molecule has 2 heterocycles. The van der Waals surface area contributed by atoms with Crippen molar-refractivity contribution in [2.45, 2.75) is 6.42 Å². The first-order chi connectivity index (χ1) is 12.5. The van der Waals surface area contributed by atoms with Crippen LogP contribution < -0.4 is 4.90 Å². The van der Waals surface area contributed by atoms with Crippen LogP contribution in [0.1, 0.15) is 16.1 Å². The molecule has 4 rings (SSSR count). The third-order valence-electron chi connectivity index (χ3n) is 4.35. The SMILES string of the molecule is O=C(c1cc(-c2cccc(Cl)c2)n[nH]1)N1CCc2ccc([N+](=O)[O-])cc21. The molecule has 0 aliphatic carbocycles. The normalized spacial score (nSPS) is 12.9. The second-order valence-corrected chi connectivity index (χ2v) is 6.39. The van der Waals surface area contributed by atoms with Gasteiger partial charge in [0.15, 0.2) is 0 Å². The maximum atomic E-state index is 12.9. The molecule has 130 valence electrons. The van der Waals surface area contributed by atoms with Gasteiger partial charge < -0.3 is 4.90 Å². The molecule has 0 bridgehead atoms. The fraction of sp³-hybridized carbons (Fsp3) is 0.111. The van der Waals surface area contributed by atoms with E-state index >= 15 is 0 Å². The van der Waals surface area contributed by atoms with Gasteiger partial charge in [-0.25, -0.2) is 0 Å². The molecular weight excluding hydrogens is 356 g/mol. The Hall–Kier alpha value is -3.19. The van der Waals surface area contributed by atoms with E-state index in [-0.39, 0.29) is 11.6 Å². The number of amides is 1. The van der Waals surface area contributed by atoms with Crippen LogP contribution in [0.15, 0.2) is 48.5 Å². The summed E-state index contributed by atoms with van der Waals surface area (Å²) in [6.45, 7) is 0.473. The molecule has 0 unspecified atom stereocenters. The number of anilines is 1. The van der Waals surface area contributed by atoms with Gasteiger partial charge in [0.2, 0.25) is 0 Å². The van der Waals surface area contributed by atoms with Gasteiger partial charge in [0.05, 0.1) is 16.3 Å². The van der Waals surface area contributed by atoms with Crippen molar-refractivity contribution in [1.29, 1.82) is 0 Å². The number of rotatable bonds is 3. The zero-order chi connectivity index (χ0) is 18.3. The van der Waals surface area contributed by atoms with Crippen LogP contribution >= 0.6 is 11.6 Å². The fourth-order valence-corrected chi connectivity index (χ4v) is 3.25. The van der Waals surface area contributed by atoms with Gasteiger partial charge >= 0.3 is 0 Å². The molecule has 0 spiro atoms. The number of fused-ring (bicyclic) bond motifs is 1. The number of carbonyl (C=O) groups is 1. The van der Waals surface area contributed by atoms with Crippen LogP contribution in [0.3, 0.4) is 0 Å².